The van der Waals surface area contributed by atoms with E-state index >= 15 is 0 Å². The molecule has 3 aromatic heterocycles. The van der Waals surface area contributed by atoms with Gasteiger partial charge in [0, 0.05) is 57.0 Å². The van der Waals surface area contributed by atoms with Crippen molar-refractivity contribution in [3.8, 4) is 46.1 Å². The van der Waals surface area contributed by atoms with Gasteiger partial charge in [0.25, 0.3) is 6.47 Å². The van der Waals surface area contributed by atoms with Gasteiger partial charge >= 0.3 is 156 Å². The maximum Gasteiger partial charge on any atom is 1.00 e. The molecule has 3 fully saturated rings. The molecule has 0 saturated carbocycles. The average Bonchev–Trinajstić information content (AvgIpc) is 1.62. The number of H-pyrrole nitrogens is 3. The number of imidazole rings is 3. The Morgan fingerprint density at radius 2 is 0.748 bits per heavy atom. The third-order valence-electron chi connectivity index (χ3n) is 21.0. The van der Waals surface area contributed by atoms with E-state index in [1.54, 1.807) is 0 Å². The smallest absolute Gasteiger partial charge is 1.00 e. The molecule has 135 heavy (non-hydrogen) atoms. The molecule has 12 aromatic carbocycles. The first kappa shape index (κ1) is 115. The van der Waals surface area contributed by atoms with Crippen molar-refractivity contribution in [2.24, 2.45) is 0 Å². The number of hydrogen-bond acceptors (Lipinski definition) is 13. The van der Waals surface area contributed by atoms with Crippen LogP contribution in [0, 0.1) is 35.9 Å². The quantitative estimate of drug-likeness (QED) is 0.0230. The number of rotatable bonds is 6. The number of terminal acetylenes is 1. The van der Waals surface area contributed by atoms with Crippen LogP contribution in [-0.4, -0.2) is 125 Å². The van der Waals surface area contributed by atoms with Gasteiger partial charge in [0.15, 0.2) is 0 Å². The van der Waals surface area contributed by atoms with Crippen molar-refractivity contribution in [3.63, 3.8) is 0 Å². The molecule has 6 heterocycles. The van der Waals surface area contributed by atoms with Gasteiger partial charge in [-0.25, -0.2) is 29.3 Å². The first-order valence-electron chi connectivity index (χ1n) is 43.7. The van der Waals surface area contributed by atoms with Crippen LogP contribution in [0.5, 0.6) is 0 Å². The molecule has 6 atom stereocenters. The normalized spacial score (nSPS) is 15.6. The number of carbonyl (C=O) groups is 4. The summed E-state index contributed by atoms with van der Waals surface area (Å²) >= 11 is 3.42. The molecule has 3 aliphatic heterocycles. The summed E-state index contributed by atoms with van der Waals surface area (Å²) in [6.07, 6.45) is 10.1. The van der Waals surface area contributed by atoms with E-state index in [4.69, 9.17) is 69.8 Å². The van der Waals surface area contributed by atoms with Crippen molar-refractivity contribution in [2.75, 3.05) is 7.11 Å². The van der Waals surface area contributed by atoms with Crippen LogP contribution < -0.4 is 108 Å². The maximum absolute atomic E-state index is 12.9. The third-order valence-corrected chi connectivity index (χ3v) is 22.3. The average molecular weight is 2080 g/mol. The molecule has 702 valence electrons. The fourth-order valence-electron chi connectivity index (χ4n) is 15.2. The summed E-state index contributed by atoms with van der Waals surface area (Å²) in [7, 11) is 9.21. The van der Waals surface area contributed by atoms with Crippen LogP contribution in [0.4, 0.5) is 14.4 Å². The van der Waals surface area contributed by atoms with Gasteiger partial charge in [-0.15, -0.1) is 12.0 Å². The first-order chi connectivity index (χ1) is 63.2. The largest absolute Gasteiger partial charge is 1.00 e. The number of aromatic amines is 3. The molecule has 19 nitrogen and oxygen atoms in total. The van der Waals surface area contributed by atoms with E-state index in [2.05, 4.69) is 257 Å². The summed E-state index contributed by atoms with van der Waals surface area (Å²) in [5, 5.41) is 22.0. The predicted molar refractivity (Wildman–Crippen MR) is 544 cm³/mol. The fourth-order valence-corrected chi connectivity index (χ4v) is 16.1. The number of fused-ring (bicyclic) bond motifs is 9. The molecule has 0 unspecified atom stereocenters. The van der Waals surface area contributed by atoms with Gasteiger partial charge in [0.1, 0.15) is 42.4 Å². The van der Waals surface area contributed by atoms with E-state index in [0.717, 1.165) is 144 Å². The second-order valence-corrected chi connectivity index (χ2v) is 43.5. The van der Waals surface area contributed by atoms with Crippen molar-refractivity contribution < 1.29 is 169 Å². The van der Waals surface area contributed by atoms with Gasteiger partial charge in [0.2, 0.25) is 0 Å². The molecule has 3 amide bonds. The Morgan fingerprint density at radius 3 is 1.01 bits per heavy atom. The molecular formula is C109H122BrCl2K2N9O10PdSi-2. The van der Waals surface area contributed by atoms with E-state index in [0.29, 0.717) is 0 Å². The second-order valence-electron chi connectivity index (χ2n) is 35.5. The Bertz CT molecular complexity index is 6070. The summed E-state index contributed by atoms with van der Waals surface area (Å²) in [6, 6.07) is 97.5. The number of aliphatic hydroxyl groups excluding tert-OH is 1. The topological polar surface area (TPSA) is 244 Å². The van der Waals surface area contributed by atoms with E-state index < -0.39 is 24.9 Å². The number of amides is 3. The van der Waals surface area contributed by atoms with Crippen LogP contribution in [0.3, 0.4) is 0 Å². The zero-order valence-electron chi connectivity index (χ0n) is 80.6. The first-order valence-corrected chi connectivity index (χ1v) is 52.0. The zero-order chi connectivity index (χ0) is 95.7. The Balaban J connectivity index is 0.000000291. The standard InChI is InChI=1S/C26H33N3O2Si.C23H25N3O2.C21H24BrN3O2.2C12H10.2C6H5.CH2O3.CH4O.CH4.2ClH.2K.Pd.H/c1-17-8-13-22(29(17)25(30)31-26(2,3)4)24-27-21-12-10-19-16-18(14-15-32(5,6)7)9-11-20(19)23(21)28-24;1-6-15-8-10-17-16(13-15)9-11-18-20(17)25-21(24-18)19-12-7-14(2)26(19)22(27)28-23(3,4)5;1-12-5-10-17(25(12)20(26)27-21(2,3)4)19-23-16-9-6-13-11-14(22)7-8-15(13)18(16)24-19;2*1-3-7-11(8-4-1)12-9-5-2-6-10-12;2*1-2-4-6-5-3-1;2-1-4-3;1-2;;;;;;;/h9-12,16-17,22H,8,13H2,1-7H3,(H,27,28);1,8-11,13-14,19H,7,12H2,2-5H3,(H,24,25);6-9,11-12,17H,5,10H2,1-4H3,(H,23,24);2*1-10H;2*1-5H;1,3H;2H,1H3;1H4;2*1H;;;;/q;;;;;2*-1;;;;;;2*+1;+2;-1/p-3/t17-,22-;14-,19-;12-,17-;;;;;;;;;;;;;/m000............./s1. The molecule has 0 bridgehead atoms. The molecule has 0 aliphatic carbocycles. The second kappa shape index (κ2) is 56.4. The summed E-state index contributed by atoms with van der Waals surface area (Å²) in [5.41, 5.74) is 14.6. The number of nitrogens with one attached hydrogen (secondary N) is 3. The van der Waals surface area contributed by atoms with Crippen LogP contribution in [0.2, 0.25) is 19.6 Å². The van der Waals surface area contributed by atoms with Crippen LogP contribution in [0.25, 0.3) is 87.7 Å². The number of nitrogens with zero attached hydrogens (tertiary/aromatic N) is 6. The van der Waals surface area contributed by atoms with E-state index in [1.165, 1.54) is 22.3 Å². The fraction of sp³-hybridized carbons (Fsp3) is 0.294. The number of aromatic nitrogens is 6. The minimum atomic E-state index is -1.42. The van der Waals surface area contributed by atoms with Crippen molar-refractivity contribution in [1.29, 1.82) is 0 Å². The summed E-state index contributed by atoms with van der Waals surface area (Å²) < 4.78 is 18.0. The number of likely N-dealkylation sites (tertiary alicyclic amines) is 3. The van der Waals surface area contributed by atoms with Gasteiger partial charge in [-0.05, 0) is 215 Å². The van der Waals surface area contributed by atoms with Crippen molar-refractivity contribution >= 4 is 133 Å². The van der Waals surface area contributed by atoms with E-state index in [-0.39, 0.29) is 189 Å². The minimum absolute atomic E-state index is 0. The number of carbonyl (C=O) groups excluding carboxylic acids is 4. The molecular weight excluding hydrogens is 1960 g/mol. The number of ether oxygens (including phenoxy) is 3. The van der Waals surface area contributed by atoms with Crippen molar-refractivity contribution in [3.05, 3.63) is 318 Å². The Kier molecular flexibility index (Phi) is 48.1. The van der Waals surface area contributed by atoms with Crippen LogP contribution in [0.15, 0.2) is 277 Å². The molecule has 26 heteroatoms. The van der Waals surface area contributed by atoms with Crippen LogP contribution >= 0.6 is 35.0 Å². The molecule has 15 aromatic rings. The van der Waals surface area contributed by atoms with Gasteiger partial charge in [-0.1, -0.05) is 213 Å². The Morgan fingerprint density at radius 1 is 0.474 bits per heavy atom. The molecule has 3 aliphatic rings. The number of halogens is 3. The van der Waals surface area contributed by atoms with E-state index in [9.17, 15) is 14.4 Å². The molecule has 18 rings (SSSR count). The minimum Gasteiger partial charge on any atom is -1.00 e. The van der Waals surface area contributed by atoms with Crippen molar-refractivity contribution in [2.45, 2.75) is 202 Å². The molecule has 3 saturated heterocycles. The van der Waals surface area contributed by atoms with Crippen LogP contribution in [-0.2, 0) is 39.8 Å². The number of hydrogen-bond donors (Lipinski definition) is 4. The SMILES string of the molecule is C.C#Cc1ccc2c(ccc3[nH]c([C@@H]4CC[C@H](C)N4C(=O)OC(C)(C)C)nc32)c1.CO.C[C@H]1CC[C@@H](c2nc3c(ccc4cc(Br)ccc43)[nH]2)N1C(=O)OC(C)(C)C.C[C@H]1CC[C@@H](c2nc3c(ccc4cc(C#C[Si](C)(C)C)ccc43)[nH]2)N1C(=O)OC(C)(C)C.O=CO[O-].[Cl][Pd][Cl].[H-].[K+].[K+].[c-]1ccccc1.[c-]1ccccc1.c1ccc(-c2ccccc2)cc1.c1ccc(-c2ccccc2)cc1. The van der Waals surface area contributed by atoms with E-state index in [1.807, 2.05) is 198 Å². The predicted octanol–water partition coefficient (Wildman–Crippen LogP) is 21.4. The summed E-state index contributed by atoms with van der Waals surface area (Å²) in [6.45, 7) is 29.8. The monoisotopic (exact) mass is 2080 g/mol. The van der Waals surface area contributed by atoms with Gasteiger partial charge in [-0.3, -0.25) is 19.5 Å². The van der Waals surface area contributed by atoms with Gasteiger partial charge < -0.3 is 45.8 Å². The Labute approximate surface area is 908 Å². The van der Waals surface area contributed by atoms with Gasteiger partial charge in [0.05, 0.1) is 51.2 Å². The molecule has 0 radical (unpaired) electrons. The van der Waals surface area contributed by atoms with Gasteiger partial charge in [-0.2, -0.15) is 72.8 Å². The zero-order valence-corrected chi connectivity index (χ0v) is 91.5. The molecule has 0 spiro atoms. The van der Waals surface area contributed by atoms with Crippen molar-refractivity contribution in [1.82, 2.24) is 44.6 Å². The van der Waals surface area contributed by atoms with Crippen LogP contribution in [0.1, 0.15) is 177 Å². The number of aliphatic hydroxyl groups is 1. The summed E-state index contributed by atoms with van der Waals surface area (Å²) in [4.78, 5) is 80.3. The third kappa shape index (κ3) is 35.3. The molecule has 4 N–H and O–H groups in total. The maximum atomic E-state index is 12.9. The number of benzene rings is 12. The Hall–Kier alpha value is -8.64. The summed E-state index contributed by atoms with van der Waals surface area (Å²) in [5.74, 6) is 8.47.